The van der Waals surface area contributed by atoms with Gasteiger partial charge in [0.25, 0.3) is 5.91 Å². The molecule has 19 N–H and O–H groups in total. The van der Waals surface area contributed by atoms with Crippen LogP contribution in [0, 0.1) is 0 Å². The van der Waals surface area contributed by atoms with Crippen LogP contribution in [0.4, 0.5) is 4.79 Å². The maximum Gasteiger partial charge on any atom is 0.316 e. The Labute approximate surface area is 269 Å². The second-order valence-electron chi connectivity index (χ2n) is 10.7. The normalized spacial score (nSPS) is 26.3. The van der Waals surface area contributed by atoms with Crippen molar-refractivity contribution in [2.45, 2.75) is 61.9 Å². The van der Waals surface area contributed by atoms with Crippen molar-refractivity contribution in [2.24, 2.45) is 33.7 Å². The van der Waals surface area contributed by atoms with E-state index in [9.17, 15) is 38.7 Å². The van der Waals surface area contributed by atoms with Gasteiger partial charge in [-0.25, -0.2) is 4.79 Å². The number of nitrogens with zero attached hydrogens (tertiary/aromatic N) is 1. The third kappa shape index (κ3) is 12.7. The van der Waals surface area contributed by atoms with Crippen LogP contribution in [0.25, 0.3) is 0 Å². The first-order chi connectivity index (χ1) is 22.2. The molecule has 2 aliphatic rings. The highest BCUT2D eigenvalue weighted by Crippen LogP contribution is 2.07. The van der Waals surface area contributed by atoms with Crippen LogP contribution >= 0.6 is 0 Å². The van der Waals surface area contributed by atoms with Crippen LogP contribution in [0.15, 0.2) is 16.9 Å². The fourth-order valence-corrected chi connectivity index (χ4v) is 4.35. The van der Waals surface area contributed by atoms with Crippen molar-refractivity contribution in [3.05, 3.63) is 11.9 Å². The highest BCUT2D eigenvalue weighted by atomic mass is 16.3. The topological polar surface area (TPSA) is 378 Å². The minimum atomic E-state index is -1.63. The zero-order chi connectivity index (χ0) is 35.1. The van der Waals surface area contributed by atoms with Crippen molar-refractivity contribution < 1.29 is 38.7 Å². The largest absolute Gasteiger partial charge is 0.394 e. The van der Waals surface area contributed by atoms with Crippen molar-refractivity contribution in [2.75, 3.05) is 32.8 Å². The number of hydrogen-bond acceptors (Lipinski definition) is 14. The van der Waals surface area contributed by atoms with Gasteiger partial charge in [0.05, 0.1) is 12.6 Å². The van der Waals surface area contributed by atoms with E-state index in [0.29, 0.717) is 19.4 Å². The van der Waals surface area contributed by atoms with Gasteiger partial charge in [0.1, 0.15) is 29.9 Å². The van der Waals surface area contributed by atoms with E-state index >= 15 is 0 Å². The van der Waals surface area contributed by atoms with Crippen LogP contribution in [0.1, 0.15) is 25.7 Å². The van der Waals surface area contributed by atoms with Crippen molar-refractivity contribution in [1.82, 2.24) is 42.5 Å². The summed E-state index contributed by atoms with van der Waals surface area (Å²) in [5.41, 5.74) is 27.6. The summed E-state index contributed by atoms with van der Waals surface area (Å²) in [6.07, 6.45) is 1.86. The molecule has 0 unspecified atom stereocenters. The molecule has 22 heteroatoms. The number of carbonyl (C=O) groups is 7. The molecule has 0 bridgehead atoms. The van der Waals surface area contributed by atoms with E-state index in [-0.39, 0.29) is 25.3 Å². The van der Waals surface area contributed by atoms with E-state index in [2.05, 4.69) is 42.2 Å². The zero-order valence-electron chi connectivity index (χ0n) is 25.5. The average molecular weight is 669 g/mol. The van der Waals surface area contributed by atoms with E-state index in [1.807, 2.05) is 5.32 Å². The first-order valence-electron chi connectivity index (χ1n) is 14.7. The molecule has 1 saturated heterocycles. The Kier molecular flexibility index (Phi) is 15.2. The fourth-order valence-electron chi connectivity index (χ4n) is 4.35. The van der Waals surface area contributed by atoms with Crippen LogP contribution in [0.3, 0.4) is 0 Å². The van der Waals surface area contributed by atoms with E-state index in [0.717, 1.165) is 6.20 Å². The zero-order valence-corrected chi connectivity index (χ0v) is 25.5. The first-order valence-corrected chi connectivity index (χ1v) is 14.7. The van der Waals surface area contributed by atoms with Crippen molar-refractivity contribution in [1.29, 1.82) is 0 Å². The number of aliphatic hydroxyl groups is 1. The van der Waals surface area contributed by atoms with E-state index in [1.54, 1.807) is 0 Å². The minimum absolute atomic E-state index is 0.0120. The van der Waals surface area contributed by atoms with Crippen LogP contribution < -0.4 is 71.2 Å². The molecule has 0 aromatic heterocycles. The molecule has 262 valence electrons. The Bertz CT molecular complexity index is 1240. The Balaban J connectivity index is 2.45. The number of urea groups is 1. The second kappa shape index (κ2) is 18.8. The molecule has 0 aromatic carbocycles. The molecule has 2 heterocycles. The number of aliphatic imine (C=N–C) groups is 1. The molecule has 0 aliphatic carbocycles. The first kappa shape index (κ1) is 38.1. The molecular formula is C25H44N14O8. The summed E-state index contributed by atoms with van der Waals surface area (Å²) in [4.78, 5) is 93.9. The molecule has 0 radical (unpaired) electrons. The van der Waals surface area contributed by atoms with Gasteiger partial charge < -0.3 is 76.3 Å². The Morgan fingerprint density at radius 1 is 1.02 bits per heavy atom. The highest BCUT2D eigenvalue weighted by Gasteiger charge is 2.35. The summed E-state index contributed by atoms with van der Waals surface area (Å²) in [5, 5.41) is 28.7. The number of primary amides is 1. The number of amides is 8. The minimum Gasteiger partial charge on any atom is -0.394 e. The van der Waals surface area contributed by atoms with Crippen molar-refractivity contribution >= 4 is 47.4 Å². The molecule has 0 aromatic rings. The van der Waals surface area contributed by atoms with Crippen LogP contribution in [0.5, 0.6) is 0 Å². The number of rotatable bonds is 10. The third-order valence-corrected chi connectivity index (χ3v) is 6.90. The van der Waals surface area contributed by atoms with Crippen molar-refractivity contribution in [3.8, 4) is 0 Å². The Morgan fingerprint density at radius 2 is 1.72 bits per heavy atom. The van der Waals surface area contributed by atoms with Crippen LogP contribution in [-0.4, -0.2) is 122 Å². The molecular weight excluding hydrogens is 624 g/mol. The van der Waals surface area contributed by atoms with Crippen LogP contribution in [0.2, 0.25) is 0 Å². The predicted molar refractivity (Wildman–Crippen MR) is 165 cm³/mol. The van der Waals surface area contributed by atoms with Gasteiger partial charge >= 0.3 is 6.03 Å². The van der Waals surface area contributed by atoms with Gasteiger partial charge in [-0.1, -0.05) is 0 Å². The van der Waals surface area contributed by atoms with Crippen molar-refractivity contribution in [3.63, 3.8) is 0 Å². The molecule has 8 amide bonds. The number of nitrogens with two attached hydrogens (primary N) is 5. The monoisotopic (exact) mass is 668 g/mol. The van der Waals surface area contributed by atoms with Crippen LogP contribution in [-0.2, 0) is 28.8 Å². The summed E-state index contributed by atoms with van der Waals surface area (Å²) >= 11 is 0. The molecule has 2 aliphatic heterocycles. The van der Waals surface area contributed by atoms with Gasteiger partial charge in [-0.2, -0.15) is 0 Å². The average Bonchev–Trinajstić information content (AvgIpc) is 3.02. The molecule has 6 atom stereocenters. The quantitative estimate of drug-likeness (QED) is 0.0963. The number of aliphatic hydroxyl groups excluding tert-OH is 1. The molecule has 47 heavy (non-hydrogen) atoms. The third-order valence-electron chi connectivity index (χ3n) is 6.90. The van der Waals surface area contributed by atoms with Gasteiger partial charge in [-0.3, -0.25) is 33.8 Å². The smallest absolute Gasteiger partial charge is 0.316 e. The molecule has 2 rings (SSSR count). The van der Waals surface area contributed by atoms with Gasteiger partial charge in [-0.05, 0) is 25.8 Å². The molecule has 22 nitrogen and oxygen atoms in total. The number of guanidine groups is 1. The summed E-state index contributed by atoms with van der Waals surface area (Å²) in [7, 11) is 0. The fraction of sp³-hybridized carbons (Fsp3) is 0.600. The Hall–Kier alpha value is -5.06. The van der Waals surface area contributed by atoms with Gasteiger partial charge in [0.2, 0.25) is 29.5 Å². The highest BCUT2D eigenvalue weighted by molar-refractivity contribution is 6.02. The van der Waals surface area contributed by atoms with Gasteiger partial charge in [-0.15, -0.1) is 0 Å². The predicted octanol–water partition coefficient (Wildman–Crippen LogP) is -8.23. The maximum absolute atomic E-state index is 13.5. The van der Waals surface area contributed by atoms with Gasteiger partial charge in [0, 0.05) is 38.3 Å². The summed E-state index contributed by atoms with van der Waals surface area (Å²) in [6.45, 7) is -1.36. The van der Waals surface area contributed by atoms with E-state index < -0.39 is 103 Å². The standard InChI is InChI=1S/C25H44N14O8/c26-4-1-2-11(27)6-17(41)32-8-14-20(43)35-15(9-34-25(30)47)21(44)39-18(13-3-5-31-24(29)38-13)23(46)33-7-12(28)19(42)37-16(10-40)22(45)36-14/h9,11-14,16,18,40H,1-8,10,26-28H2,(H,32,41)(H,33,46)(H,35,43)(H,36,45)(H,37,42)(H,39,44)(H3,29,31,38)(H3,30,34,47)/b15-9-/t11-,12+,13-,14-,16-,18-/m0/s1. The number of nitrogens with one attached hydrogen (secondary N) is 8. The Morgan fingerprint density at radius 3 is 2.36 bits per heavy atom. The maximum atomic E-state index is 13.5. The number of hydrogen-bond donors (Lipinski definition) is 14. The van der Waals surface area contributed by atoms with E-state index in [1.165, 1.54) is 0 Å². The summed E-state index contributed by atoms with van der Waals surface area (Å²) < 4.78 is 0. The van der Waals surface area contributed by atoms with E-state index in [4.69, 9.17) is 28.7 Å². The lowest BCUT2D eigenvalue weighted by atomic mass is 10.0. The summed E-state index contributed by atoms with van der Waals surface area (Å²) in [5.74, 6) is -5.62. The van der Waals surface area contributed by atoms with Gasteiger partial charge in [0.15, 0.2) is 5.96 Å². The molecule has 1 fully saturated rings. The summed E-state index contributed by atoms with van der Waals surface area (Å²) in [6, 6.07) is -8.54. The second-order valence-corrected chi connectivity index (χ2v) is 10.7. The SMILES string of the molecule is NCCC[C@H](N)CC(=O)NC[C@@H]1NC(=O)[C@H](CO)NC(=O)[C@H](N)CNC(=O)[C@H]([C@@H]2CCN=C(N)N2)NC(=O)/C(=C/NC(N)=O)NC1=O. The lowest BCUT2D eigenvalue weighted by molar-refractivity contribution is -0.134. The molecule has 0 saturated carbocycles. The molecule has 0 spiro atoms. The number of carbonyl (C=O) groups excluding carboxylic acids is 7. The lowest BCUT2D eigenvalue weighted by Crippen LogP contribution is -2.64. The lowest BCUT2D eigenvalue weighted by Gasteiger charge is -2.31.